The van der Waals surface area contributed by atoms with Crippen LogP contribution in [0.4, 0.5) is 30.7 Å². The molecule has 1 rings (SSSR count). The summed E-state index contributed by atoms with van der Waals surface area (Å²) in [5.74, 6) is -0.720. The first kappa shape index (κ1) is 21.7. The lowest BCUT2D eigenvalue weighted by molar-refractivity contribution is -0.253. The molecule has 0 spiro atoms. The molecule has 0 aliphatic heterocycles. The Bertz CT molecular complexity index is 499. The maximum Gasteiger partial charge on any atom is 0.461 e. The molecule has 0 aliphatic rings. The predicted octanol–water partition coefficient (Wildman–Crippen LogP) is 3.66. The molecule has 1 aromatic carbocycles. The Kier molecular flexibility index (Phi) is 7.58. The Morgan fingerprint density at radius 1 is 1.13 bits per heavy atom. The van der Waals surface area contributed by atoms with Crippen molar-refractivity contribution >= 4 is 12.4 Å². The average molecular weight is 372 g/mol. The number of hydrogen-bond donors (Lipinski definition) is 2. The van der Waals surface area contributed by atoms with Crippen molar-refractivity contribution in [1.82, 2.24) is 0 Å². The van der Waals surface area contributed by atoms with Crippen molar-refractivity contribution < 1.29 is 40.6 Å². The molecule has 0 saturated carbocycles. The van der Waals surface area contributed by atoms with Crippen LogP contribution >= 0.6 is 12.4 Å². The molecule has 23 heavy (non-hydrogen) atoms. The zero-order chi connectivity index (χ0) is 17.1. The number of benzene rings is 1. The van der Waals surface area contributed by atoms with Gasteiger partial charge in [0.05, 0.1) is 6.10 Å². The molecule has 3 N–H and O–H groups in total. The summed E-state index contributed by atoms with van der Waals surface area (Å²) in [6.45, 7) is 0. The second kappa shape index (κ2) is 8.02. The molecular weight excluding hydrogens is 359 g/mol. The van der Waals surface area contributed by atoms with Crippen LogP contribution in [0.5, 0.6) is 5.75 Å². The van der Waals surface area contributed by atoms with E-state index >= 15 is 0 Å². The summed E-state index contributed by atoms with van der Waals surface area (Å²) in [6, 6.07) is 1.50. The van der Waals surface area contributed by atoms with Crippen LogP contribution in [0, 0.1) is 0 Å². The minimum absolute atomic E-state index is 0. The topological polar surface area (TPSA) is 55.5 Å². The van der Waals surface area contributed by atoms with E-state index in [1.54, 1.807) is 0 Å². The van der Waals surface area contributed by atoms with Gasteiger partial charge in [-0.15, -0.1) is 12.4 Å². The highest BCUT2D eigenvalue weighted by Gasteiger charge is 2.44. The fourth-order valence-electron chi connectivity index (χ4n) is 1.50. The van der Waals surface area contributed by atoms with E-state index in [-0.39, 0.29) is 18.0 Å². The first-order valence-corrected chi connectivity index (χ1v) is 5.89. The number of aliphatic hydroxyl groups is 1. The van der Waals surface area contributed by atoms with Gasteiger partial charge in [-0.25, -0.2) is 0 Å². The van der Waals surface area contributed by atoms with Gasteiger partial charge in [-0.05, 0) is 17.7 Å². The van der Waals surface area contributed by atoms with Crippen molar-refractivity contribution in [2.24, 2.45) is 5.73 Å². The molecule has 0 radical (unpaired) electrons. The molecule has 11 heteroatoms. The van der Waals surface area contributed by atoms with E-state index in [0.717, 1.165) is 24.3 Å². The largest absolute Gasteiger partial charge is 0.461 e. The van der Waals surface area contributed by atoms with Gasteiger partial charge in [-0.3, -0.25) is 0 Å². The predicted molar refractivity (Wildman–Crippen MR) is 68.9 cm³/mol. The molecular formula is C12H13ClF7NO2. The normalized spacial score (nSPS) is 15.0. The summed E-state index contributed by atoms with van der Waals surface area (Å²) >= 11 is 0. The van der Waals surface area contributed by atoms with Crippen LogP contribution in [0.2, 0.25) is 0 Å². The Balaban J connectivity index is 0.00000484. The minimum atomic E-state index is -4.76. The lowest BCUT2D eigenvalue weighted by atomic mass is 10.0. The third kappa shape index (κ3) is 6.40. The first-order valence-electron chi connectivity index (χ1n) is 5.89. The number of aliphatic hydroxyl groups excluding tert-OH is 1. The zero-order valence-corrected chi connectivity index (χ0v) is 12.1. The van der Waals surface area contributed by atoms with Crippen molar-refractivity contribution in [3.63, 3.8) is 0 Å². The van der Waals surface area contributed by atoms with E-state index in [0.29, 0.717) is 0 Å². The molecule has 0 bridgehead atoms. The van der Waals surface area contributed by atoms with E-state index in [1.165, 1.54) is 0 Å². The Hall–Kier alpha value is -1.26. The second-order valence-electron chi connectivity index (χ2n) is 4.44. The maximum atomic E-state index is 12.7. The lowest BCUT2D eigenvalue weighted by Crippen LogP contribution is -2.38. The highest BCUT2D eigenvalue weighted by Crippen LogP contribution is 2.31. The third-order valence-electron chi connectivity index (χ3n) is 2.65. The van der Waals surface area contributed by atoms with Gasteiger partial charge in [-0.1, -0.05) is 12.1 Å². The molecule has 0 aromatic heterocycles. The Morgan fingerprint density at radius 3 is 2.17 bits per heavy atom. The molecule has 2 atom stereocenters. The number of ether oxygens (including phenoxy) is 1. The monoisotopic (exact) mass is 371 g/mol. The average Bonchev–Trinajstić information content (AvgIpc) is 2.37. The number of hydrogen-bond acceptors (Lipinski definition) is 3. The highest BCUT2D eigenvalue weighted by atomic mass is 35.5. The number of alkyl halides is 7. The smallest absolute Gasteiger partial charge is 0.428 e. The van der Waals surface area contributed by atoms with E-state index in [1.807, 2.05) is 0 Å². The molecule has 0 unspecified atom stereocenters. The molecule has 1 aromatic rings. The van der Waals surface area contributed by atoms with Crippen LogP contribution < -0.4 is 10.5 Å². The van der Waals surface area contributed by atoms with E-state index < -0.39 is 43.0 Å². The van der Waals surface area contributed by atoms with Gasteiger partial charge >= 0.3 is 18.7 Å². The van der Waals surface area contributed by atoms with Crippen molar-refractivity contribution in [1.29, 1.82) is 0 Å². The molecule has 0 amide bonds. The quantitative estimate of drug-likeness (QED) is 0.750. The van der Waals surface area contributed by atoms with Gasteiger partial charge < -0.3 is 15.6 Å². The summed E-state index contributed by atoms with van der Waals surface area (Å²) in [5.41, 5.74) is 4.61. The van der Waals surface area contributed by atoms with Crippen LogP contribution in [-0.4, -0.2) is 29.9 Å². The summed E-state index contributed by atoms with van der Waals surface area (Å²) in [5, 5.41) is 9.62. The highest BCUT2D eigenvalue weighted by molar-refractivity contribution is 5.85. The van der Waals surface area contributed by atoms with Crippen molar-refractivity contribution in [2.45, 2.75) is 37.3 Å². The molecule has 0 heterocycles. The van der Waals surface area contributed by atoms with Crippen molar-refractivity contribution in [3.05, 3.63) is 29.8 Å². The summed E-state index contributed by atoms with van der Waals surface area (Å²) < 4.78 is 90.0. The zero-order valence-electron chi connectivity index (χ0n) is 11.2. The second-order valence-corrected chi connectivity index (χ2v) is 4.44. The van der Waals surface area contributed by atoms with Crippen LogP contribution in [0.25, 0.3) is 0 Å². The fourth-order valence-corrected chi connectivity index (χ4v) is 1.50. The van der Waals surface area contributed by atoms with Crippen LogP contribution in [-0.2, 0) is 0 Å². The van der Waals surface area contributed by atoms with Crippen LogP contribution in [0.3, 0.4) is 0 Å². The van der Waals surface area contributed by atoms with Gasteiger partial charge in [0.2, 0.25) is 0 Å². The van der Waals surface area contributed by atoms with Crippen molar-refractivity contribution in [3.8, 4) is 5.75 Å². The SMILES string of the molecule is Cl.N[C@H](C[C@@H](O)c1cccc(OC(F)(F)C(F)F)c1)C(F)(F)F. The van der Waals surface area contributed by atoms with Gasteiger partial charge in [0, 0.05) is 6.42 Å². The van der Waals surface area contributed by atoms with Gasteiger partial charge in [0.25, 0.3) is 0 Å². The van der Waals surface area contributed by atoms with Gasteiger partial charge in [0.15, 0.2) is 0 Å². The van der Waals surface area contributed by atoms with Crippen LogP contribution in [0.1, 0.15) is 18.1 Å². The van der Waals surface area contributed by atoms with Crippen LogP contribution in [0.15, 0.2) is 24.3 Å². The van der Waals surface area contributed by atoms with E-state index in [9.17, 15) is 35.8 Å². The molecule has 0 saturated heterocycles. The van der Waals surface area contributed by atoms with Crippen molar-refractivity contribution in [2.75, 3.05) is 0 Å². The third-order valence-corrected chi connectivity index (χ3v) is 2.65. The summed E-state index contributed by atoms with van der Waals surface area (Å²) in [6.07, 6.45) is -16.2. The lowest BCUT2D eigenvalue weighted by Gasteiger charge is -2.20. The maximum absolute atomic E-state index is 12.7. The van der Waals surface area contributed by atoms with E-state index in [2.05, 4.69) is 4.74 Å². The van der Waals surface area contributed by atoms with E-state index in [4.69, 9.17) is 5.73 Å². The summed E-state index contributed by atoms with van der Waals surface area (Å²) in [7, 11) is 0. The Morgan fingerprint density at radius 2 is 1.70 bits per heavy atom. The number of rotatable bonds is 6. The number of halogens is 8. The Labute approximate surface area is 132 Å². The van der Waals surface area contributed by atoms with Gasteiger partial charge in [0.1, 0.15) is 11.8 Å². The first-order chi connectivity index (χ1) is 9.93. The molecule has 3 nitrogen and oxygen atoms in total. The minimum Gasteiger partial charge on any atom is -0.428 e. The van der Waals surface area contributed by atoms with Gasteiger partial charge in [-0.2, -0.15) is 30.7 Å². The molecule has 134 valence electrons. The molecule has 0 aliphatic carbocycles. The molecule has 0 fully saturated rings. The summed E-state index contributed by atoms with van der Waals surface area (Å²) in [4.78, 5) is 0. The standard InChI is InChI=1S/C12H12F7NO2.ClH/c13-10(14)12(18,19)22-7-3-1-2-6(4-7)8(21)5-9(20)11(15,16)17;/h1-4,8-10,21H,5,20H2;1H/t8-,9-;/m1./s1. The number of nitrogens with two attached hydrogens (primary N) is 1. The fraction of sp³-hybridized carbons (Fsp3) is 0.500.